The van der Waals surface area contributed by atoms with Gasteiger partial charge in [0.05, 0.1) is 24.2 Å². The second-order valence-electron chi connectivity index (χ2n) is 6.48. The smallest absolute Gasteiger partial charge is 0.343 e. The molecule has 2 aromatic rings. The van der Waals surface area contributed by atoms with Gasteiger partial charge >= 0.3 is 5.97 Å². The van der Waals surface area contributed by atoms with E-state index < -0.39 is 16.8 Å². The summed E-state index contributed by atoms with van der Waals surface area (Å²) in [5.41, 5.74) is 0.721. The van der Waals surface area contributed by atoms with Gasteiger partial charge in [-0.05, 0) is 42.8 Å². The zero-order chi connectivity index (χ0) is 23.7. The van der Waals surface area contributed by atoms with Gasteiger partial charge in [-0.25, -0.2) is 4.79 Å². The standard InChI is InChI=1S/C22H21N3O7/c1-14-10-16(5-6-18(14)25(28)29)22(27)32-19-7-4-15(12-20(19)31-3)11-17(13-23)21(26)24-8-9-30-2/h4-7,10-12H,8-9H2,1-3H3,(H,24,26)/b17-11+. The summed E-state index contributed by atoms with van der Waals surface area (Å²) < 4.78 is 15.5. The highest BCUT2D eigenvalue weighted by atomic mass is 16.6. The maximum absolute atomic E-state index is 12.5. The predicted molar refractivity (Wildman–Crippen MR) is 114 cm³/mol. The van der Waals surface area contributed by atoms with Crippen LogP contribution in [0.2, 0.25) is 0 Å². The van der Waals surface area contributed by atoms with E-state index in [0.717, 1.165) is 0 Å². The van der Waals surface area contributed by atoms with Crippen LogP contribution in [-0.2, 0) is 9.53 Å². The molecule has 1 N–H and O–H groups in total. The molecule has 0 atom stereocenters. The Labute approximate surface area is 184 Å². The Bertz CT molecular complexity index is 1100. The lowest BCUT2D eigenvalue weighted by Gasteiger charge is -2.11. The van der Waals surface area contributed by atoms with E-state index in [9.17, 15) is 25.0 Å². The molecule has 0 aliphatic carbocycles. The number of carbonyl (C=O) groups excluding carboxylic acids is 2. The minimum Gasteiger partial charge on any atom is -0.493 e. The molecule has 0 unspecified atom stereocenters. The molecule has 10 heteroatoms. The van der Waals surface area contributed by atoms with Crippen LogP contribution in [0.5, 0.6) is 11.5 Å². The number of methoxy groups -OCH3 is 2. The zero-order valence-electron chi connectivity index (χ0n) is 17.7. The average molecular weight is 439 g/mol. The van der Waals surface area contributed by atoms with E-state index in [1.54, 1.807) is 6.07 Å². The van der Waals surface area contributed by atoms with Gasteiger partial charge in [0.1, 0.15) is 11.6 Å². The molecule has 0 heterocycles. The maximum atomic E-state index is 12.5. The Hall–Kier alpha value is -4.23. The first-order valence-electron chi connectivity index (χ1n) is 9.35. The van der Waals surface area contributed by atoms with Crippen LogP contribution < -0.4 is 14.8 Å². The third kappa shape index (κ3) is 6.13. The van der Waals surface area contributed by atoms with Crippen LogP contribution in [0.15, 0.2) is 42.0 Å². The Morgan fingerprint density at radius 1 is 1.19 bits per heavy atom. The number of nitrogens with one attached hydrogen (secondary N) is 1. The van der Waals surface area contributed by atoms with Crippen molar-refractivity contribution in [2.45, 2.75) is 6.92 Å². The highest BCUT2D eigenvalue weighted by Crippen LogP contribution is 2.30. The average Bonchev–Trinajstić information content (AvgIpc) is 2.77. The van der Waals surface area contributed by atoms with Crippen molar-refractivity contribution in [1.29, 1.82) is 5.26 Å². The number of hydrogen-bond acceptors (Lipinski definition) is 8. The molecule has 0 fully saturated rings. The van der Waals surface area contributed by atoms with E-state index in [1.807, 2.05) is 6.07 Å². The molecule has 32 heavy (non-hydrogen) atoms. The third-order valence-corrected chi connectivity index (χ3v) is 4.29. The van der Waals surface area contributed by atoms with Gasteiger partial charge in [-0.1, -0.05) is 6.07 Å². The van der Waals surface area contributed by atoms with Gasteiger partial charge in [0, 0.05) is 25.3 Å². The number of benzene rings is 2. The van der Waals surface area contributed by atoms with E-state index in [-0.39, 0.29) is 34.9 Å². The minimum atomic E-state index is -0.722. The number of nitrogens with zero attached hydrogens (tertiary/aromatic N) is 2. The van der Waals surface area contributed by atoms with Crippen molar-refractivity contribution >= 4 is 23.6 Å². The van der Waals surface area contributed by atoms with Crippen molar-refractivity contribution in [3.63, 3.8) is 0 Å². The first kappa shape index (κ1) is 24.0. The summed E-state index contributed by atoms with van der Waals surface area (Å²) in [5.74, 6) is -0.969. The number of amides is 1. The van der Waals surface area contributed by atoms with Crippen molar-refractivity contribution in [3.8, 4) is 17.6 Å². The lowest BCUT2D eigenvalue weighted by molar-refractivity contribution is -0.385. The van der Waals surface area contributed by atoms with Gasteiger partial charge in [-0.3, -0.25) is 14.9 Å². The number of ether oxygens (including phenoxy) is 3. The van der Waals surface area contributed by atoms with Gasteiger partial charge in [-0.2, -0.15) is 5.26 Å². The number of aryl methyl sites for hydroxylation is 1. The molecule has 0 bridgehead atoms. The van der Waals surface area contributed by atoms with E-state index in [1.165, 1.54) is 57.6 Å². The summed E-state index contributed by atoms with van der Waals surface area (Å²) in [6.07, 6.45) is 1.37. The fourth-order valence-electron chi connectivity index (χ4n) is 2.68. The number of esters is 1. The summed E-state index contributed by atoms with van der Waals surface area (Å²) in [4.78, 5) is 34.9. The number of hydrogen-bond donors (Lipinski definition) is 1. The molecular weight excluding hydrogens is 418 g/mol. The highest BCUT2D eigenvalue weighted by molar-refractivity contribution is 6.01. The number of nitro benzene ring substituents is 1. The fourth-order valence-corrected chi connectivity index (χ4v) is 2.68. The molecular formula is C22H21N3O7. The second-order valence-corrected chi connectivity index (χ2v) is 6.48. The van der Waals surface area contributed by atoms with Crippen molar-refractivity contribution in [3.05, 3.63) is 68.8 Å². The van der Waals surface area contributed by atoms with Gasteiger partial charge in [0.2, 0.25) is 0 Å². The van der Waals surface area contributed by atoms with Crippen molar-refractivity contribution in [2.75, 3.05) is 27.4 Å². The normalized spacial score (nSPS) is 10.8. The zero-order valence-corrected chi connectivity index (χ0v) is 17.7. The van der Waals surface area contributed by atoms with Crippen LogP contribution >= 0.6 is 0 Å². The molecule has 166 valence electrons. The first-order valence-corrected chi connectivity index (χ1v) is 9.35. The van der Waals surface area contributed by atoms with Gasteiger partial charge in [0.15, 0.2) is 11.5 Å². The second kappa shape index (κ2) is 11.2. The fraction of sp³-hybridized carbons (Fsp3) is 0.227. The molecule has 0 aromatic heterocycles. The SMILES string of the molecule is COCCNC(=O)/C(C#N)=C/c1ccc(OC(=O)c2ccc([N+](=O)[O-])c(C)c2)c(OC)c1. The van der Waals surface area contributed by atoms with Crippen LogP contribution in [0.1, 0.15) is 21.5 Å². The molecule has 2 aromatic carbocycles. The Morgan fingerprint density at radius 3 is 2.53 bits per heavy atom. The topological polar surface area (TPSA) is 141 Å². The summed E-state index contributed by atoms with van der Waals surface area (Å²) in [5, 5.41) is 22.8. The molecule has 0 saturated carbocycles. The highest BCUT2D eigenvalue weighted by Gasteiger charge is 2.17. The van der Waals surface area contributed by atoms with E-state index >= 15 is 0 Å². The Morgan fingerprint density at radius 2 is 1.94 bits per heavy atom. The molecule has 2 rings (SSSR count). The van der Waals surface area contributed by atoms with Gasteiger partial charge in [0.25, 0.3) is 11.6 Å². The van der Waals surface area contributed by atoms with Gasteiger partial charge in [-0.15, -0.1) is 0 Å². The maximum Gasteiger partial charge on any atom is 0.343 e. The first-order chi connectivity index (χ1) is 15.3. The quantitative estimate of drug-likeness (QED) is 0.120. The third-order valence-electron chi connectivity index (χ3n) is 4.29. The molecule has 0 radical (unpaired) electrons. The van der Waals surface area contributed by atoms with E-state index in [2.05, 4.69) is 5.32 Å². The van der Waals surface area contributed by atoms with Crippen LogP contribution in [0.4, 0.5) is 5.69 Å². The van der Waals surface area contributed by atoms with Crippen molar-refractivity contribution in [1.82, 2.24) is 5.32 Å². The lowest BCUT2D eigenvalue weighted by atomic mass is 10.1. The molecule has 0 aliphatic rings. The van der Waals surface area contributed by atoms with Crippen LogP contribution in [-0.4, -0.2) is 44.2 Å². The van der Waals surface area contributed by atoms with Crippen LogP contribution in [0.25, 0.3) is 6.08 Å². The molecule has 1 amide bonds. The Kier molecular flexibility index (Phi) is 8.45. The molecule has 0 spiro atoms. The Balaban J connectivity index is 2.22. The van der Waals surface area contributed by atoms with Crippen LogP contribution in [0.3, 0.4) is 0 Å². The van der Waals surface area contributed by atoms with Crippen molar-refractivity contribution in [2.24, 2.45) is 0 Å². The summed E-state index contributed by atoms with van der Waals surface area (Å²) in [6, 6.07) is 10.2. The van der Waals surface area contributed by atoms with Crippen LogP contribution in [0, 0.1) is 28.4 Å². The predicted octanol–water partition coefficient (Wildman–Crippen LogP) is 2.80. The van der Waals surface area contributed by atoms with Crippen molar-refractivity contribution < 1.29 is 28.7 Å². The molecule has 0 aliphatic heterocycles. The lowest BCUT2D eigenvalue weighted by Crippen LogP contribution is -2.27. The van der Waals surface area contributed by atoms with Gasteiger partial charge < -0.3 is 19.5 Å². The largest absolute Gasteiger partial charge is 0.493 e. The number of carbonyl (C=O) groups is 2. The molecule has 0 saturated heterocycles. The number of nitro groups is 1. The summed E-state index contributed by atoms with van der Waals surface area (Å²) in [6.45, 7) is 2.09. The molecule has 10 nitrogen and oxygen atoms in total. The number of rotatable bonds is 9. The number of nitriles is 1. The minimum absolute atomic E-state index is 0.102. The summed E-state index contributed by atoms with van der Waals surface area (Å²) in [7, 11) is 2.87. The van der Waals surface area contributed by atoms with E-state index in [4.69, 9.17) is 14.2 Å². The monoisotopic (exact) mass is 439 g/mol. The summed E-state index contributed by atoms with van der Waals surface area (Å²) >= 11 is 0. The van der Waals surface area contributed by atoms with E-state index in [0.29, 0.717) is 17.7 Å².